The normalized spacial score (nSPS) is 14.2. The lowest BCUT2D eigenvalue weighted by molar-refractivity contribution is -0.137. The zero-order chi connectivity index (χ0) is 21.6. The van der Waals surface area contributed by atoms with Crippen LogP contribution in [0.2, 0.25) is 0 Å². The van der Waals surface area contributed by atoms with Gasteiger partial charge in [0.2, 0.25) is 0 Å². The number of hydrogen-bond donors (Lipinski definition) is 0. The summed E-state index contributed by atoms with van der Waals surface area (Å²) in [5.41, 5.74) is 1.40. The van der Waals surface area contributed by atoms with Crippen LogP contribution in [0, 0.1) is 5.92 Å². The predicted molar refractivity (Wildman–Crippen MR) is 109 cm³/mol. The summed E-state index contributed by atoms with van der Waals surface area (Å²) in [4.78, 5) is 27.0. The number of rotatable bonds is 8. The van der Waals surface area contributed by atoms with Crippen LogP contribution in [-0.4, -0.2) is 51.3 Å². The van der Waals surface area contributed by atoms with Gasteiger partial charge in [0.15, 0.2) is 11.5 Å². The molecule has 158 valence electrons. The fraction of sp³-hybridized carbons (Fsp3) is 0.455. The van der Waals surface area contributed by atoms with E-state index in [1.165, 1.54) is 14.2 Å². The van der Waals surface area contributed by atoms with E-state index in [9.17, 15) is 9.59 Å². The summed E-state index contributed by atoms with van der Waals surface area (Å²) in [6, 6.07) is 5.34. The molecule has 1 aromatic carbocycles. The Kier molecular flexibility index (Phi) is 7.70. The molecule has 7 heteroatoms. The summed E-state index contributed by atoms with van der Waals surface area (Å²) in [5.74, 6) is -0.242. The second-order valence-electron chi connectivity index (χ2n) is 7.02. The van der Waals surface area contributed by atoms with Gasteiger partial charge in [-0.15, -0.1) is 0 Å². The Hall–Kier alpha value is -2.96. The Morgan fingerprint density at radius 1 is 1.00 bits per heavy atom. The molecule has 0 bridgehead atoms. The van der Waals surface area contributed by atoms with Gasteiger partial charge in [-0.05, 0) is 30.5 Å². The highest BCUT2D eigenvalue weighted by molar-refractivity contribution is 5.98. The lowest BCUT2D eigenvalue weighted by Gasteiger charge is -2.31. The monoisotopic (exact) mass is 403 g/mol. The molecule has 0 fully saturated rings. The molecule has 0 aromatic heterocycles. The molecule has 0 N–H and O–H groups in total. The van der Waals surface area contributed by atoms with Gasteiger partial charge in [0, 0.05) is 18.9 Å². The van der Waals surface area contributed by atoms with Crippen molar-refractivity contribution in [2.75, 3.05) is 34.5 Å². The average molecular weight is 403 g/mol. The third-order valence-corrected chi connectivity index (χ3v) is 4.47. The third-order valence-electron chi connectivity index (χ3n) is 4.47. The number of ether oxygens (including phenoxy) is 4. The first-order chi connectivity index (χ1) is 13.9. The summed E-state index contributed by atoms with van der Waals surface area (Å²) >= 11 is 0. The molecule has 1 aromatic rings. The van der Waals surface area contributed by atoms with E-state index < -0.39 is 17.9 Å². The number of carbonyl (C=O) groups is 2. The van der Waals surface area contributed by atoms with Crippen LogP contribution in [0.3, 0.4) is 0 Å². The number of methoxy groups -OCH3 is 3. The molecule has 0 aliphatic carbocycles. The van der Waals surface area contributed by atoms with Crippen LogP contribution in [0.15, 0.2) is 41.7 Å². The first kappa shape index (κ1) is 22.3. The molecular formula is C22H29NO6. The molecule has 2 rings (SSSR count). The van der Waals surface area contributed by atoms with E-state index in [1.807, 2.05) is 17.9 Å². The molecule has 1 heterocycles. The van der Waals surface area contributed by atoms with Crippen LogP contribution in [0.5, 0.6) is 11.5 Å². The quantitative estimate of drug-likeness (QED) is 0.617. The first-order valence-corrected chi connectivity index (χ1v) is 9.52. The molecule has 0 saturated carbocycles. The Balaban J connectivity index is 2.61. The summed E-state index contributed by atoms with van der Waals surface area (Å²) in [7, 11) is 4.19. The van der Waals surface area contributed by atoms with Crippen LogP contribution in [0.25, 0.3) is 0 Å². The van der Waals surface area contributed by atoms with Gasteiger partial charge in [0.1, 0.15) is 0 Å². The lowest BCUT2D eigenvalue weighted by atomic mass is 9.83. The standard InChI is InChI=1S/C22H29NO6/c1-7-29-18-9-8-15(10-19(18)26-4)20-16(21(24)27-5)12-23(11-14(2)3)13-17(20)22(25)28-6/h8-10,12-14,20H,7,11H2,1-6H3. The highest BCUT2D eigenvalue weighted by atomic mass is 16.5. The van der Waals surface area contributed by atoms with Crippen molar-refractivity contribution in [1.29, 1.82) is 0 Å². The van der Waals surface area contributed by atoms with E-state index in [0.717, 1.165) is 0 Å². The number of esters is 2. The molecule has 0 atom stereocenters. The number of benzene rings is 1. The van der Waals surface area contributed by atoms with E-state index in [1.54, 1.807) is 31.6 Å². The Morgan fingerprint density at radius 3 is 2.03 bits per heavy atom. The average Bonchev–Trinajstić information content (AvgIpc) is 2.72. The zero-order valence-corrected chi connectivity index (χ0v) is 17.9. The molecule has 0 amide bonds. The minimum absolute atomic E-state index is 0.322. The van der Waals surface area contributed by atoms with Crippen molar-refractivity contribution >= 4 is 11.9 Å². The van der Waals surface area contributed by atoms with E-state index >= 15 is 0 Å². The molecule has 0 saturated heterocycles. The highest BCUT2D eigenvalue weighted by Crippen LogP contribution is 2.40. The van der Waals surface area contributed by atoms with Crippen molar-refractivity contribution in [1.82, 2.24) is 4.90 Å². The Bertz CT molecular complexity index is 778. The van der Waals surface area contributed by atoms with Gasteiger partial charge >= 0.3 is 11.9 Å². The van der Waals surface area contributed by atoms with E-state index in [-0.39, 0.29) is 0 Å². The maximum atomic E-state index is 12.6. The van der Waals surface area contributed by atoms with E-state index in [0.29, 0.717) is 47.3 Å². The fourth-order valence-corrected chi connectivity index (χ4v) is 3.31. The van der Waals surface area contributed by atoms with Crippen LogP contribution in [-0.2, 0) is 19.1 Å². The van der Waals surface area contributed by atoms with Gasteiger partial charge in [-0.1, -0.05) is 19.9 Å². The second-order valence-corrected chi connectivity index (χ2v) is 7.02. The molecule has 29 heavy (non-hydrogen) atoms. The van der Waals surface area contributed by atoms with Crippen molar-refractivity contribution in [3.8, 4) is 11.5 Å². The summed E-state index contributed by atoms with van der Waals surface area (Å²) < 4.78 is 21.0. The van der Waals surface area contributed by atoms with E-state index in [4.69, 9.17) is 18.9 Å². The van der Waals surface area contributed by atoms with Gasteiger partial charge in [0.05, 0.1) is 45.0 Å². The van der Waals surface area contributed by atoms with Crippen LogP contribution >= 0.6 is 0 Å². The number of hydrogen-bond acceptors (Lipinski definition) is 7. The van der Waals surface area contributed by atoms with Crippen molar-refractivity contribution in [3.05, 3.63) is 47.3 Å². The summed E-state index contributed by atoms with van der Waals surface area (Å²) in [6.45, 7) is 7.12. The Labute approximate surface area is 171 Å². The molecular weight excluding hydrogens is 374 g/mol. The minimum Gasteiger partial charge on any atom is -0.493 e. The van der Waals surface area contributed by atoms with Crippen LogP contribution < -0.4 is 9.47 Å². The van der Waals surface area contributed by atoms with Gasteiger partial charge in [-0.25, -0.2) is 9.59 Å². The molecule has 0 radical (unpaired) electrons. The lowest BCUT2D eigenvalue weighted by Crippen LogP contribution is -2.30. The molecule has 1 aliphatic rings. The van der Waals surface area contributed by atoms with Gasteiger partial charge in [0.25, 0.3) is 0 Å². The Morgan fingerprint density at radius 2 is 1.59 bits per heavy atom. The van der Waals surface area contributed by atoms with Crippen molar-refractivity contribution in [3.63, 3.8) is 0 Å². The number of nitrogens with zero attached hydrogens (tertiary/aromatic N) is 1. The molecule has 7 nitrogen and oxygen atoms in total. The third kappa shape index (κ3) is 5.10. The zero-order valence-electron chi connectivity index (χ0n) is 17.9. The van der Waals surface area contributed by atoms with Gasteiger partial charge in [-0.3, -0.25) is 0 Å². The highest BCUT2D eigenvalue weighted by Gasteiger charge is 2.35. The van der Waals surface area contributed by atoms with Crippen molar-refractivity contribution in [2.45, 2.75) is 26.7 Å². The molecule has 0 unspecified atom stereocenters. The van der Waals surface area contributed by atoms with Gasteiger partial charge in [-0.2, -0.15) is 0 Å². The predicted octanol–water partition coefficient (Wildman–Crippen LogP) is 3.26. The summed E-state index contributed by atoms with van der Waals surface area (Å²) in [6.07, 6.45) is 3.46. The maximum absolute atomic E-state index is 12.6. The second kappa shape index (κ2) is 10.0. The summed E-state index contributed by atoms with van der Waals surface area (Å²) in [5, 5.41) is 0. The topological polar surface area (TPSA) is 74.3 Å². The molecule has 0 spiro atoms. The minimum atomic E-state index is -0.650. The van der Waals surface area contributed by atoms with Crippen LogP contribution in [0.1, 0.15) is 32.3 Å². The largest absolute Gasteiger partial charge is 0.493 e. The number of carbonyl (C=O) groups excluding carboxylic acids is 2. The van der Waals surface area contributed by atoms with Crippen molar-refractivity contribution < 1.29 is 28.5 Å². The molecule has 1 aliphatic heterocycles. The smallest absolute Gasteiger partial charge is 0.336 e. The first-order valence-electron chi connectivity index (χ1n) is 9.52. The SMILES string of the molecule is CCOc1ccc(C2C(C(=O)OC)=CN(CC(C)C)C=C2C(=O)OC)cc1OC. The van der Waals surface area contributed by atoms with Crippen molar-refractivity contribution in [2.24, 2.45) is 5.92 Å². The van der Waals surface area contributed by atoms with Crippen LogP contribution in [0.4, 0.5) is 0 Å². The van der Waals surface area contributed by atoms with E-state index in [2.05, 4.69) is 13.8 Å². The van der Waals surface area contributed by atoms with Gasteiger partial charge < -0.3 is 23.8 Å². The maximum Gasteiger partial charge on any atom is 0.336 e. The fourth-order valence-electron chi connectivity index (χ4n) is 3.31.